The summed E-state index contributed by atoms with van der Waals surface area (Å²) in [5.74, 6) is -1.00. The molecule has 1 saturated heterocycles. The number of hydrogen-bond donors (Lipinski definition) is 7. The van der Waals surface area contributed by atoms with Crippen LogP contribution in [0.1, 0.15) is 117 Å². The van der Waals surface area contributed by atoms with E-state index < -0.39 is 29.7 Å². The summed E-state index contributed by atoms with van der Waals surface area (Å²) in [6, 6.07) is 0. The third-order valence-corrected chi connectivity index (χ3v) is 11.2. The van der Waals surface area contributed by atoms with Crippen molar-refractivity contribution in [1.29, 1.82) is 0 Å². The first-order chi connectivity index (χ1) is 21.1. The summed E-state index contributed by atoms with van der Waals surface area (Å²) >= 11 is 0. The SMILES string of the molecule is CCCCC[C@H]1C=C[C@@H](CCCCC[C@H](C(=O)[O-])[C@H](O)CC[C@@]2(O)C[C@@H](CC3CC[NH2+]C(N)C3)[C@H](C[NH2+]CC)[C@H]2O)[C@H](O)C1. The summed E-state index contributed by atoms with van der Waals surface area (Å²) in [6.45, 7) is 6.94. The molecule has 2 fully saturated rings. The van der Waals surface area contributed by atoms with E-state index >= 15 is 0 Å². The minimum Gasteiger partial charge on any atom is -0.550 e. The smallest absolute Gasteiger partial charge is 0.137 e. The molecule has 9 heteroatoms. The van der Waals surface area contributed by atoms with Gasteiger partial charge in [-0.1, -0.05) is 57.6 Å². The number of quaternary nitrogens is 2. The zero-order valence-corrected chi connectivity index (χ0v) is 27.7. The van der Waals surface area contributed by atoms with Gasteiger partial charge in [0.2, 0.25) is 0 Å². The molecule has 3 rings (SSSR count). The number of carbonyl (C=O) groups is 1. The highest BCUT2D eigenvalue weighted by atomic mass is 16.4. The second-order valence-corrected chi connectivity index (χ2v) is 14.7. The number of aliphatic carboxylic acids is 1. The minimum atomic E-state index is -1.33. The molecule has 256 valence electrons. The fourth-order valence-corrected chi connectivity index (χ4v) is 8.50. The number of piperidine rings is 1. The van der Waals surface area contributed by atoms with Crippen molar-refractivity contribution in [2.24, 2.45) is 41.2 Å². The molecule has 1 aliphatic heterocycles. The van der Waals surface area contributed by atoms with Gasteiger partial charge in [-0.3, -0.25) is 5.73 Å². The monoisotopic (exact) mass is 624 g/mol. The lowest BCUT2D eigenvalue weighted by Gasteiger charge is -2.31. The van der Waals surface area contributed by atoms with Gasteiger partial charge < -0.3 is 41.0 Å². The van der Waals surface area contributed by atoms with Crippen LogP contribution in [0.4, 0.5) is 0 Å². The Kier molecular flexibility index (Phi) is 16.1. The van der Waals surface area contributed by atoms with E-state index in [9.17, 15) is 30.3 Å². The van der Waals surface area contributed by atoms with Crippen molar-refractivity contribution in [1.82, 2.24) is 0 Å². The van der Waals surface area contributed by atoms with Crippen LogP contribution in [-0.2, 0) is 4.79 Å². The quantitative estimate of drug-likeness (QED) is 0.0762. The first kappa shape index (κ1) is 37.4. The Morgan fingerprint density at radius 3 is 2.55 bits per heavy atom. The minimum absolute atomic E-state index is 0.0411. The number of hydrogen-bond acceptors (Lipinski definition) is 7. The van der Waals surface area contributed by atoms with Gasteiger partial charge in [-0.25, -0.2) is 0 Å². The molecule has 44 heavy (non-hydrogen) atoms. The summed E-state index contributed by atoms with van der Waals surface area (Å²) in [5, 5.41) is 60.8. The summed E-state index contributed by atoms with van der Waals surface area (Å²) in [6.07, 6.45) is 15.2. The van der Waals surface area contributed by atoms with Crippen LogP contribution < -0.4 is 21.5 Å². The Hall–Kier alpha value is -1.07. The topological polar surface area (TPSA) is 180 Å². The number of carbonyl (C=O) groups excluding carboxylic acids is 1. The average molecular weight is 625 g/mol. The van der Waals surface area contributed by atoms with Crippen molar-refractivity contribution in [3.05, 3.63) is 12.2 Å². The molecule has 0 aromatic rings. The highest BCUT2D eigenvalue weighted by Gasteiger charge is 2.53. The van der Waals surface area contributed by atoms with Gasteiger partial charge in [-0.15, -0.1) is 0 Å². The lowest BCUT2D eigenvalue weighted by molar-refractivity contribution is -0.699. The molecule has 10 N–H and O–H groups in total. The zero-order valence-electron chi connectivity index (χ0n) is 27.7. The van der Waals surface area contributed by atoms with E-state index in [1.807, 2.05) is 0 Å². The summed E-state index contributed by atoms with van der Waals surface area (Å²) in [5.41, 5.74) is 4.85. The second-order valence-electron chi connectivity index (χ2n) is 14.7. The van der Waals surface area contributed by atoms with Crippen molar-refractivity contribution >= 4 is 5.97 Å². The van der Waals surface area contributed by atoms with Gasteiger partial charge in [0.25, 0.3) is 0 Å². The van der Waals surface area contributed by atoms with Crippen LogP contribution in [-0.4, -0.2) is 76.1 Å². The molecule has 0 bridgehead atoms. The summed E-state index contributed by atoms with van der Waals surface area (Å²) in [7, 11) is 0. The maximum absolute atomic E-state index is 12.0. The molecule has 3 aliphatic rings. The Bertz CT molecular complexity index is 860. The molecule has 0 aromatic carbocycles. The molecule has 11 atom stereocenters. The van der Waals surface area contributed by atoms with Gasteiger partial charge in [-0.05, 0) is 82.5 Å². The van der Waals surface area contributed by atoms with Crippen molar-refractivity contribution in [2.75, 3.05) is 19.6 Å². The Labute approximate surface area is 266 Å². The van der Waals surface area contributed by atoms with Crippen LogP contribution in [0.3, 0.4) is 0 Å². The van der Waals surface area contributed by atoms with Crippen molar-refractivity contribution < 1.29 is 41.0 Å². The van der Waals surface area contributed by atoms with E-state index in [0.717, 1.165) is 71.0 Å². The molecule has 0 radical (unpaired) electrons. The van der Waals surface area contributed by atoms with Crippen LogP contribution >= 0.6 is 0 Å². The molecule has 1 saturated carbocycles. The first-order valence-electron chi connectivity index (χ1n) is 18.1. The van der Waals surface area contributed by atoms with E-state index in [4.69, 9.17) is 5.73 Å². The molecule has 0 aromatic heterocycles. The van der Waals surface area contributed by atoms with E-state index in [2.05, 4.69) is 36.6 Å². The maximum Gasteiger partial charge on any atom is 0.137 e. The Morgan fingerprint density at radius 2 is 1.86 bits per heavy atom. The Balaban J connectivity index is 1.44. The highest BCUT2D eigenvalue weighted by Crippen LogP contribution is 2.45. The lowest BCUT2D eigenvalue weighted by Crippen LogP contribution is -2.94. The lowest BCUT2D eigenvalue weighted by atomic mass is 9.81. The van der Waals surface area contributed by atoms with E-state index in [1.165, 1.54) is 19.3 Å². The summed E-state index contributed by atoms with van der Waals surface area (Å²) < 4.78 is 0. The number of aliphatic hydroxyl groups excluding tert-OH is 3. The number of rotatable bonds is 20. The third-order valence-electron chi connectivity index (χ3n) is 11.2. The van der Waals surface area contributed by atoms with Crippen LogP contribution in [0.15, 0.2) is 12.2 Å². The van der Waals surface area contributed by atoms with Gasteiger partial charge >= 0.3 is 0 Å². The van der Waals surface area contributed by atoms with Crippen molar-refractivity contribution in [3.8, 4) is 0 Å². The van der Waals surface area contributed by atoms with Crippen LogP contribution in [0.5, 0.6) is 0 Å². The molecule has 0 amide bonds. The highest BCUT2D eigenvalue weighted by molar-refractivity contribution is 5.68. The van der Waals surface area contributed by atoms with Crippen molar-refractivity contribution in [2.45, 2.75) is 147 Å². The Morgan fingerprint density at radius 1 is 1.09 bits per heavy atom. The van der Waals surface area contributed by atoms with Crippen LogP contribution in [0.25, 0.3) is 0 Å². The number of allylic oxidation sites excluding steroid dienone is 1. The average Bonchev–Trinajstić information content (AvgIpc) is 3.21. The van der Waals surface area contributed by atoms with Gasteiger partial charge in [-0.2, -0.15) is 0 Å². The summed E-state index contributed by atoms with van der Waals surface area (Å²) in [4.78, 5) is 12.0. The molecule has 2 aliphatic carbocycles. The van der Waals surface area contributed by atoms with Gasteiger partial charge in [0.1, 0.15) is 6.17 Å². The van der Waals surface area contributed by atoms with Gasteiger partial charge in [0, 0.05) is 30.1 Å². The van der Waals surface area contributed by atoms with Gasteiger partial charge in [0.05, 0.1) is 43.5 Å². The number of nitrogens with two attached hydrogens (primary N) is 3. The largest absolute Gasteiger partial charge is 0.550 e. The molecule has 9 nitrogen and oxygen atoms in total. The van der Waals surface area contributed by atoms with E-state index in [0.29, 0.717) is 31.1 Å². The molecule has 0 spiro atoms. The molecular weight excluding hydrogens is 558 g/mol. The van der Waals surface area contributed by atoms with Crippen LogP contribution in [0, 0.1) is 35.5 Å². The number of carboxylic acid groups (broad SMARTS) is 1. The predicted octanol–water partition coefficient (Wildman–Crippen LogP) is 0.537. The van der Waals surface area contributed by atoms with Crippen LogP contribution in [0.2, 0.25) is 0 Å². The zero-order chi connectivity index (χ0) is 32.1. The number of unbranched alkanes of at least 4 members (excludes halogenated alkanes) is 4. The molecule has 2 unspecified atom stereocenters. The van der Waals surface area contributed by atoms with E-state index in [1.54, 1.807) is 0 Å². The van der Waals surface area contributed by atoms with E-state index in [-0.39, 0.29) is 42.9 Å². The number of aliphatic hydroxyl groups is 4. The molecular formula is C35H66N3O6+. The number of carboxylic acids is 1. The third kappa shape index (κ3) is 11.3. The molecule has 1 heterocycles. The first-order valence-corrected chi connectivity index (χ1v) is 18.1. The second kappa shape index (κ2) is 18.9. The fourth-order valence-electron chi connectivity index (χ4n) is 8.50. The van der Waals surface area contributed by atoms with Gasteiger partial charge in [0.15, 0.2) is 0 Å². The normalized spacial score (nSPS) is 35.5. The van der Waals surface area contributed by atoms with Crippen molar-refractivity contribution in [3.63, 3.8) is 0 Å². The standard InChI is InChI=1S/C35H65N3O6/c1-3-5-7-10-24-13-14-26(31(40)20-24)11-8-6-9-12-28(34(42)43)30(39)15-17-35(44)22-27(29(33(35)41)23-37-4-2)19-25-16-18-38-32(36)21-25/h13-14,24-33,37-41,44H,3-12,15-23,36H2,1-2H3,(H,42,43)/p+1/t24-,25?,26+,27+,28-,29-,30+,31+,32?,33+,35+/m0/s1. The maximum atomic E-state index is 12.0. The fraction of sp³-hybridized carbons (Fsp3) is 0.914. The predicted molar refractivity (Wildman–Crippen MR) is 170 cm³/mol.